The van der Waals surface area contributed by atoms with Gasteiger partial charge in [0.05, 0.1) is 12.0 Å². The number of piperazine rings is 1. The monoisotopic (exact) mass is 489 g/mol. The normalized spacial score (nSPS) is 14.2. The molecule has 1 aliphatic heterocycles. The van der Waals surface area contributed by atoms with Crippen molar-refractivity contribution in [2.45, 2.75) is 16.8 Å². The average Bonchev–Trinajstić information content (AvgIpc) is 3.36. The van der Waals surface area contributed by atoms with Gasteiger partial charge in [0.15, 0.2) is 0 Å². The van der Waals surface area contributed by atoms with Crippen LogP contribution < -0.4 is 14.5 Å². The number of sulfone groups is 1. The van der Waals surface area contributed by atoms with Crippen LogP contribution in [0, 0.1) is 6.92 Å². The lowest BCUT2D eigenvalue weighted by Crippen LogP contribution is -2.46. The summed E-state index contributed by atoms with van der Waals surface area (Å²) in [4.78, 5) is 8.97. The molecule has 4 aromatic rings. The number of benzene rings is 3. The van der Waals surface area contributed by atoms with E-state index in [0.717, 1.165) is 35.7 Å². The second kappa shape index (κ2) is 9.46. The van der Waals surface area contributed by atoms with E-state index in [1.54, 1.807) is 37.4 Å². The molecule has 0 bridgehead atoms. The first-order valence-electron chi connectivity index (χ1n) is 11.5. The van der Waals surface area contributed by atoms with Crippen LogP contribution in [0.2, 0.25) is 0 Å². The van der Waals surface area contributed by atoms with Gasteiger partial charge in [0.25, 0.3) is 0 Å². The van der Waals surface area contributed by atoms with Crippen LogP contribution in [0.15, 0.2) is 93.2 Å². The highest BCUT2D eigenvalue weighted by Crippen LogP contribution is 2.36. The quantitative estimate of drug-likeness (QED) is 0.384. The van der Waals surface area contributed by atoms with Crippen LogP contribution in [0.25, 0.3) is 11.5 Å². The van der Waals surface area contributed by atoms with Crippen molar-refractivity contribution in [2.75, 3.05) is 43.1 Å². The summed E-state index contributed by atoms with van der Waals surface area (Å²) >= 11 is 0. The number of ether oxygens (including phenoxy) is 1. The molecular formula is C27H27N3O4S. The molecule has 0 amide bonds. The largest absolute Gasteiger partial charge is 0.497 e. The van der Waals surface area contributed by atoms with Crippen LogP contribution in [0.4, 0.5) is 11.6 Å². The minimum Gasteiger partial charge on any atom is -0.497 e. The number of methoxy groups -OCH3 is 1. The van der Waals surface area contributed by atoms with Crippen molar-refractivity contribution >= 4 is 21.4 Å². The zero-order chi connectivity index (χ0) is 24.4. The molecule has 7 nitrogen and oxygen atoms in total. The molecule has 1 aliphatic rings. The van der Waals surface area contributed by atoms with Crippen molar-refractivity contribution in [1.82, 2.24) is 4.98 Å². The van der Waals surface area contributed by atoms with Crippen molar-refractivity contribution in [3.05, 3.63) is 84.4 Å². The summed E-state index contributed by atoms with van der Waals surface area (Å²) in [5.74, 6) is 1.42. The number of rotatable bonds is 6. The number of hydrogen-bond acceptors (Lipinski definition) is 7. The molecule has 0 aliphatic carbocycles. The van der Waals surface area contributed by atoms with Gasteiger partial charge in [0.2, 0.25) is 26.6 Å². The van der Waals surface area contributed by atoms with Crippen LogP contribution in [0.5, 0.6) is 5.75 Å². The van der Waals surface area contributed by atoms with E-state index >= 15 is 0 Å². The maximum Gasteiger partial charge on any atom is 0.236 e. The van der Waals surface area contributed by atoms with Gasteiger partial charge in [0, 0.05) is 37.4 Å². The summed E-state index contributed by atoms with van der Waals surface area (Å²) in [7, 11) is -2.22. The Morgan fingerprint density at radius 3 is 2.11 bits per heavy atom. The minimum absolute atomic E-state index is 0.0418. The van der Waals surface area contributed by atoms with E-state index in [1.165, 1.54) is 0 Å². The average molecular weight is 490 g/mol. The number of hydrogen-bond donors (Lipinski definition) is 0. The van der Waals surface area contributed by atoms with Gasteiger partial charge >= 0.3 is 0 Å². The Morgan fingerprint density at radius 2 is 1.46 bits per heavy atom. The molecule has 1 saturated heterocycles. The van der Waals surface area contributed by atoms with Gasteiger partial charge in [0.1, 0.15) is 5.75 Å². The first kappa shape index (κ1) is 23.0. The van der Waals surface area contributed by atoms with E-state index < -0.39 is 9.84 Å². The van der Waals surface area contributed by atoms with Gasteiger partial charge in [-0.2, -0.15) is 4.98 Å². The van der Waals surface area contributed by atoms with E-state index in [2.05, 4.69) is 9.88 Å². The Kier molecular flexibility index (Phi) is 6.21. The first-order chi connectivity index (χ1) is 17.0. The topological polar surface area (TPSA) is 75.9 Å². The Morgan fingerprint density at radius 1 is 0.829 bits per heavy atom. The molecule has 8 heteroatoms. The highest BCUT2D eigenvalue weighted by atomic mass is 32.2. The highest BCUT2D eigenvalue weighted by Gasteiger charge is 2.33. The van der Waals surface area contributed by atoms with Gasteiger partial charge in [-0.1, -0.05) is 36.4 Å². The highest BCUT2D eigenvalue weighted by molar-refractivity contribution is 7.91. The van der Waals surface area contributed by atoms with Crippen molar-refractivity contribution in [1.29, 1.82) is 0 Å². The third-order valence-corrected chi connectivity index (χ3v) is 7.94. The summed E-state index contributed by atoms with van der Waals surface area (Å²) < 4.78 is 38.7. The summed E-state index contributed by atoms with van der Waals surface area (Å²) in [6, 6.07) is 24.0. The molecular weight excluding hydrogens is 462 g/mol. The second-order valence-electron chi connectivity index (χ2n) is 8.43. The van der Waals surface area contributed by atoms with Gasteiger partial charge in [-0.25, -0.2) is 8.42 Å². The van der Waals surface area contributed by atoms with Gasteiger partial charge in [-0.3, -0.25) is 0 Å². The zero-order valence-corrected chi connectivity index (χ0v) is 20.5. The predicted octanol–water partition coefficient (Wildman–Crippen LogP) is 4.82. The lowest BCUT2D eigenvalue weighted by atomic mass is 10.1. The third kappa shape index (κ3) is 4.49. The van der Waals surface area contributed by atoms with Gasteiger partial charge in [-0.15, -0.1) is 0 Å². The third-order valence-electron chi connectivity index (χ3n) is 6.27. The number of nitrogens with zero attached hydrogens (tertiary/aromatic N) is 3. The molecule has 1 aromatic heterocycles. The van der Waals surface area contributed by atoms with Crippen molar-refractivity contribution in [2.24, 2.45) is 0 Å². The molecule has 0 radical (unpaired) electrons. The van der Waals surface area contributed by atoms with E-state index in [-0.39, 0.29) is 9.92 Å². The number of oxazole rings is 1. The Hall–Kier alpha value is -3.78. The van der Waals surface area contributed by atoms with E-state index in [1.807, 2.05) is 60.4 Å². The summed E-state index contributed by atoms with van der Waals surface area (Å²) in [5.41, 5.74) is 2.84. The maximum atomic E-state index is 13.6. The van der Waals surface area contributed by atoms with E-state index in [4.69, 9.17) is 9.15 Å². The standard InChI is InChI=1S/C27H27N3O4S/c1-20-8-6-7-11-24(20)25-28-26(35(31,32)23-9-4-3-5-10-23)27(34-25)30-18-16-29(17-19-30)21-12-14-22(33-2)15-13-21/h3-15H,16-19H2,1-2H3. The molecule has 5 rings (SSSR count). The fraction of sp³-hybridized carbons (Fsp3) is 0.222. The Balaban J connectivity index is 1.49. The van der Waals surface area contributed by atoms with Crippen LogP contribution in [0.3, 0.4) is 0 Å². The maximum absolute atomic E-state index is 13.6. The molecule has 0 saturated carbocycles. The molecule has 180 valence electrons. The van der Waals surface area contributed by atoms with Crippen molar-refractivity contribution in [3.8, 4) is 17.2 Å². The van der Waals surface area contributed by atoms with Crippen LogP contribution in [-0.4, -0.2) is 46.7 Å². The van der Waals surface area contributed by atoms with Crippen molar-refractivity contribution in [3.63, 3.8) is 0 Å². The van der Waals surface area contributed by atoms with Crippen LogP contribution >= 0.6 is 0 Å². The molecule has 1 fully saturated rings. The lowest BCUT2D eigenvalue weighted by molar-refractivity contribution is 0.415. The fourth-order valence-electron chi connectivity index (χ4n) is 4.27. The smallest absolute Gasteiger partial charge is 0.236 e. The minimum atomic E-state index is -3.87. The Labute approximate surface area is 205 Å². The SMILES string of the molecule is COc1ccc(N2CCN(c3oc(-c4ccccc4C)nc3S(=O)(=O)c3ccccc3)CC2)cc1. The lowest BCUT2D eigenvalue weighted by Gasteiger charge is -2.36. The Bertz CT molecular complexity index is 1410. The summed E-state index contributed by atoms with van der Waals surface area (Å²) in [5, 5.41) is -0.0418. The molecule has 3 aromatic carbocycles. The summed E-state index contributed by atoms with van der Waals surface area (Å²) in [6.07, 6.45) is 0. The molecule has 0 N–H and O–H groups in total. The van der Waals surface area contributed by atoms with Gasteiger partial charge < -0.3 is 19.0 Å². The molecule has 35 heavy (non-hydrogen) atoms. The van der Waals surface area contributed by atoms with Crippen LogP contribution in [0.1, 0.15) is 5.56 Å². The van der Waals surface area contributed by atoms with Crippen molar-refractivity contribution < 1.29 is 17.6 Å². The van der Waals surface area contributed by atoms with E-state index in [9.17, 15) is 8.42 Å². The molecule has 0 atom stereocenters. The number of aryl methyl sites for hydroxylation is 1. The van der Waals surface area contributed by atoms with Crippen LogP contribution in [-0.2, 0) is 9.84 Å². The molecule has 0 unspecified atom stereocenters. The predicted molar refractivity (Wildman–Crippen MR) is 136 cm³/mol. The molecule has 2 heterocycles. The number of anilines is 2. The summed E-state index contributed by atoms with van der Waals surface area (Å²) in [6.45, 7) is 4.60. The zero-order valence-electron chi connectivity index (χ0n) is 19.7. The number of aromatic nitrogens is 1. The fourth-order valence-corrected chi connectivity index (χ4v) is 5.62. The molecule has 0 spiro atoms. The second-order valence-corrected chi connectivity index (χ2v) is 10.3. The van der Waals surface area contributed by atoms with E-state index in [0.29, 0.717) is 24.9 Å². The van der Waals surface area contributed by atoms with Gasteiger partial charge in [-0.05, 0) is 55.0 Å². The first-order valence-corrected chi connectivity index (χ1v) is 13.0.